The maximum Gasteiger partial charge on any atom is 0.326 e. The molecule has 0 heterocycles. The van der Waals surface area contributed by atoms with Crippen molar-refractivity contribution in [2.45, 2.75) is 18.9 Å². The van der Waals surface area contributed by atoms with Crippen LogP contribution >= 0.6 is 0 Å². The molecule has 0 radical (unpaired) electrons. The molecule has 2 rings (SSSR count). The number of aliphatic carboxylic acids is 1. The van der Waals surface area contributed by atoms with Gasteiger partial charge in [-0.05, 0) is 17.5 Å². The van der Waals surface area contributed by atoms with Crippen molar-refractivity contribution in [2.24, 2.45) is 0 Å². The lowest BCUT2D eigenvalue weighted by molar-refractivity contribution is -0.142. The van der Waals surface area contributed by atoms with Crippen LogP contribution in [0.25, 0.3) is 0 Å². The van der Waals surface area contributed by atoms with Gasteiger partial charge in [0.25, 0.3) is 0 Å². The summed E-state index contributed by atoms with van der Waals surface area (Å²) in [4.78, 5) is 23.2. The number of carboxylic acids is 1. The van der Waals surface area contributed by atoms with E-state index in [-0.39, 0.29) is 13.0 Å². The molecule has 5 nitrogen and oxygen atoms in total. The van der Waals surface area contributed by atoms with E-state index in [1.165, 1.54) is 0 Å². The highest BCUT2D eigenvalue weighted by Crippen LogP contribution is 2.04. The Morgan fingerprint density at radius 1 is 0.958 bits per heavy atom. The smallest absolute Gasteiger partial charge is 0.326 e. The first-order chi connectivity index (χ1) is 11.6. The third-order valence-electron chi connectivity index (χ3n) is 3.53. The molecule has 0 bridgehead atoms. The number of benzene rings is 2. The van der Waals surface area contributed by atoms with Crippen molar-refractivity contribution in [3.05, 3.63) is 71.8 Å². The topological polar surface area (TPSA) is 75.6 Å². The van der Waals surface area contributed by atoms with Gasteiger partial charge >= 0.3 is 5.97 Å². The van der Waals surface area contributed by atoms with Crippen LogP contribution in [0.4, 0.5) is 0 Å². The van der Waals surface area contributed by atoms with E-state index in [1.807, 2.05) is 60.7 Å². The molecule has 5 heteroatoms. The van der Waals surface area contributed by atoms with Gasteiger partial charge in [0.2, 0.25) is 5.91 Å². The number of carboxylic acid groups (broad SMARTS) is 1. The summed E-state index contributed by atoms with van der Waals surface area (Å²) in [6.45, 7) is 0.263. The second kappa shape index (κ2) is 9.47. The van der Waals surface area contributed by atoms with Gasteiger partial charge in [-0.25, -0.2) is 4.79 Å². The first kappa shape index (κ1) is 17.7. The predicted octanol–water partition coefficient (Wildman–Crippen LogP) is 2.06. The van der Waals surface area contributed by atoms with Gasteiger partial charge in [-0.2, -0.15) is 0 Å². The summed E-state index contributed by atoms with van der Waals surface area (Å²) in [5, 5.41) is 11.7. The Bertz CT molecular complexity index is 643. The van der Waals surface area contributed by atoms with E-state index < -0.39 is 17.9 Å². The molecule has 2 aromatic rings. The van der Waals surface area contributed by atoms with Crippen LogP contribution in [0.3, 0.4) is 0 Å². The maximum atomic E-state index is 11.9. The number of rotatable bonds is 9. The Kier molecular flexibility index (Phi) is 6.98. The number of amides is 1. The fourth-order valence-corrected chi connectivity index (χ4v) is 2.29. The second-order valence-corrected chi connectivity index (χ2v) is 5.44. The molecular formula is C19H21NO4. The number of hydrogen-bond acceptors (Lipinski definition) is 3. The Morgan fingerprint density at radius 2 is 1.54 bits per heavy atom. The lowest BCUT2D eigenvalue weighted by Crippen LogP contribution is -2.43. The molecule has 0 fully saturated rings. The fourth-order valence-electron chi connectivity index (χ4n) is 2.29. The Morgan fingerprint density at radius 3 is 2.12 bits per heavy atom. The van der Waals surface area contributed by atoms with Crippen LogP contribution < -0.4 is 5.32 Å². The molecule has 2 N–H and O–H groups in total. The molecule has 0 spiro atoms. The summed E-state index contributed by atoms with van der Waals surface area (Å²) >= 11 is 0. The molecule has 1 amide bonds. The average Bonchev–Trinajstić information content (AvgIpc) is 2.60. The van der Waals surface area contributed by atoms with Gasteiger partial charge in [0.15, 0.2) is 0 Å². The van der Waals surface area contributed by atoms with E-state index in [9.17, 15) is 14.7 Å². The van der Waals surface area contributed by atoms with Gasteiger partial charge in [-0.1, -0.05) is 60.7 Å². The number of carbonyl (C=O) groups excluding carboxylic acids is 1. The number of carbonyl (C=O) groups is 2. The van der Waals surface area contributed by atoms with Gasteiger partial charge < -0.3 is 15.2 Å². The quantitative estimate of drug-likeness (QED) is 0.691. The lowest BCUT2D eigenvalue weighted by atomic mass is 10.1. The lowest BCUT2D eigenvalue weighted by Gasteiger charge is -2.14. The van der Waals surface area contributed by atoms with Crippen LogP contribution in [-0.2, 0) is 27.2 Å². The first-order valence-corrected chi connectivity index (χ1v) is 7.83. The monoisotopic (exact) mass is 327 g/mol. The van der Waals surface area contributed by atoms with Crippen molar-refractivity contribution in [3.63, 3.8) is 0 Å². The zero-order valence-corrected chi connectivity index (χ0v) is 13.4. The Hall–Kier alpha value is -2.66. The highest BCUT2D eigenvalue weighted by Gasteiger charge is 2.20. The molecule has 0 unspecified atom stereocenters. The van der Waals surface area contributed by atoms with Crippen molar-refractivity contribution >= 4 is 11.9 Å². The third kappa shape index (κ3) is 6.22. The highest BCUT2D eigenvalue weighted by molar-refractivity contribution is 5.84. The SMILES string of the molecule is O=C(COCCc1ccccc1)N[C@@H](Cc1ccccc1)C(=O)O. The minimum atomic E-state index is -1.06. The maximum absolute atomic E-state index is 11.9. The van der Waals surface area contributed by atoms with Gasteiger partial charge in [-0.3, -0.25) is 4.79 Å². The summed E-state index contributed by atoms with van der Waals surface area (Å²) in [6.07, 6.45) is 0.951. The average molecular weight is 327 g/mol. The summed E-state index contributed by atoms with van der Waals surface area (Å²) in [5.74, 6) is -1.48. The second-order valence-electron chi connectivity index (χ2n) is 5.44. The summed E-state index contributed by atoms with van der Waals surface area (Å²) < 4.78 is 5.33. The van der Waals surface area contributed by atoms with Gasteiger partial charge in [0, 0.05) is 6.42 Å². The minimum Gasteiger partial charge on any atom is -0.480 e. The van der Waals surface area contributed by atoms with Crippen molar-refractivity contribution in [1.29, 1.82) is 0 Å². The highest BCUT2D eigenvalue weighted by atomic mass is 16.5. The fraction of sp³-hybridized carbons (Fsp3) is 0.263. The molecule has 1 atom stereocenters. The van der Waals surface area contributed by atoms with E-state index in [2.05, 4.69) is 5.32 Å². The molecule has 0 aliphatic heterocycles. The third-order valence-corrected chi connectivity index (χ3v) is 3.53. The zero-order chi connectivity index (χ0) is 17.2. The molecule has 0 saturated heterocycles. The molecule has 126 valence electrons. The summed E-state index contributed by atoms with van der Waals surface area (Å²) in [7, 11) is 0. The van der Waals surface area contributed by atoms with Crippen LogP contribution in [0.1, 0.15) is 11.1 Å². The first-order valence-electron chi connectivity index (χ1n) is 7.83. The van der Waals surface area contributed by atoms with Crippen LogP contribution in [0.5, 0.6) is 0 Å². The standard InChI is InChI=1S/C19H21NO4/c21-18(14-24-12-11-15-7-3-1-4-8-15)20-17(19(22)23)13-16-9-5-2-6-10-16/h1-10,17H,11-14H2,(H,20,21)(H,22,23)/t17-/m0/s1. The van der Waals surface area contributed by atoms with E-state index in [1.54, 1.807) is 0 Å². The Balaban J connectivity index is 1.73. The van der Waals surface area contributed by atoms with Crippen molar-refractivity contribution < 1.29 is 19.4 Å². The van der Waals surface area contributed by atoms with E-state index >= 15 is 0 Å². The number of nitrogens with one attached hydrogen (secondary N) is 1. The molecule has 2 aromatic carbocycles. The van der Waals surface area contributed by atoms with E-state index in [0.29, 0.717) is 13.0 Å². The zero-order valence-electron chi connectivity index (χ0n) is 13.4. The molecule has 0 aliphatic carbocycles. The van der Waals surface area contributed by atoms with E-state index in [0.717, 1.165) is 11.1 Å². The van der Waals surface area contributed by atoms with Crippen LogP contribution in [0.15, 0.2) is 60.7 Å². The number of ether oxygens (including phenoxy) is 1. The largest absolute Gasteiger partial charge is 0.480 e. The van der Waals surface area contributed by atoms with Gasteiger partial charge in [-0.15, -0.1) is 0 Å². The molecule has 0 aliphatic rings. The number of hydrogen-bond donors (Lipinski definition) is 2. The predicted molar refractivity (Wildman–Crippen MR) is 90.7 cm³/mol. The van der Waals surface area contributed by atoms with Crippen molar-refractivity contribution in [2.75, 3.05) is 13.2 Å². The molecule has 24 heavy (non-hydrogen) atoms. The molecular weight excluding hydrogens is 306 g/mol. The summed E-state index contributed by atoms with van der Waals surface area (Å²) in [5.41, 5.74) is 1.99. The van der Waals surface area contributed by atoms with Crippen molar-refractivity contribution in [1.82, 2.24) is 5.32 Å². The summed E-state index contributed by atoms with van der Waals surface area (Å²) in [6, 6.07) is 18.1. The van der Waals surface area contributed by atoms with E-state index in [4.69, 9.17) is 4.74 Å². The van der Waals surface area contributed by atoms with Crippen LogP contribution in [0, 0.1) is 0 Å². The Labute approximate surface area is 141 Å². The molecule has 0 saturated carbocycles. The normalized spacial score (nSPS) is 11.7. The minimum absolute atomic E-state index is 0.147. The van der Waals surface area contributed by atoms with Gasteiger partial charge in [0.1, 0.15) is 12.6 Å². The van der Waals surface area contributed by atoms with Crippen molar-refractivity contribution in [3.8, 4) is 0 Å². The van der Waals surface area contributed by atoms with Crippen LogP contribution in [0.2, 0.25) is 0 Å². The van der Waals surface area contributed by atoms with Gasteiger partial charge in [0.05, 0.1) is 6.61 Å². The van der Waals surface area contributed by atoms with Crippen LogP contribution in [-0.4, -0.2) is 36.2 Å². The molecule has 0 aromatic heterocycles.